The lowest BCUT2D eigenvalue weighted by Crippen LogP contribution is -2.63. The van der Waals surface area contributed by atoms with Gasteiger partial charge in [0.2, 0.25) is 5.91 Å². The summed E-state index contributed by atoms with van der Waals surface area (Å²) < 4.78 is 0. The number of carbonyl (C=O) groups excluding carboxylic acids is 1. The minimum absolute atomic E-state index is 0.0701. The van der Waals surface area contributed by atoms with Gasteiger partial charge in [0, 0.05) is 49.5 Å². The molecule has 1 aromatic rings. The van der Waals surface area contributed by atoms with Gasteiger partial charge >= 0.3 is 0 Å². The molecular formula is C23H32N4O3. The fourth-order valence-corrected chi connectivity index (χ4v) is 6.95. The third kappa shape index (κ3) is 3.68. The van der Waals surface area contributed by atoms with Crippen molar-refractivity contribution in [2.45, 2.75) is 57.0 Å². The van der Waals surface area contributed by atoms with Crippen LogP contribution in [0.1, 0.15) is 45.4 Å². The van der Waals surface area contributed by atoms with Gasteiger partial charge in [-0.15, -0.1) is 0 Å². The van der Waals surface area contributed by atoms with Crippen LogP contribution in [-0.4, -0.2) is 53.5 Å². The fourth-order valence-electron chi connectivity index (χ4n) is 6.95. The van der Waals surface area contributed by atoms with Crippen molar-refractivity contribution in [2.24, 2.45) is 17.8 Å². The average Bonchev–Trinajstić information content (AvgIpc) is 2.72. The molecule has 6 rings (SSSR count). The van der Waals surface area contributed by atoms with E-state index in [4.69, 9.17) is 0 Å². The predicted octanol–water partition coefficient (Wildman–Crippen LogP) is 3.19. The molecule has 1 aromatic carbocycles. The van der Waals surface area contributed by atoms with Gasteiger partial charge in [-0.2, -0.15) is 0 Å². The quantitative estimate of drug-likeness (QED) is 0.594. The van der Waals surface area contributed by atoms with Gasteiger partial charge in [-0.3, -0.25) is 19.8 Å². The number of amides is 1. The van der Waals surface area contributed by atoms with E-state index in [1.807, 2.05) is 19.1 Å². The van der Waals surface area contributed by atoms with Crippen LogP contribution in [0.2, 0.25) is 0 Å². The standard InChI is InChI=1S/C23H32N4O3/c1-16(22(28)24-23-13-17-10-18(14-23)12-19(11-17)15-23)25-6-8-26(9-7-25)20-2-4-21(5-3-20)27(29)30/h2-5,16-19H,6-15H2,1H3,(H,24,28)/t16-,17?,18?,19?,23?/m1/s1. The number of nitro benzene ring substituents is 1. The third-order valence-corrected chi connectivity index (χ3v) is 8.09. The Balaban J connectivity index is 1.16. The molecule has 30 heavy (non-hydrogen) atoms. The molecule has 4 bridgehead atoms. The van der Waals surface area contributed by atoms with Crippen LogP contribution in [0.15, 0.2) is 24.3 Å². The van der Waals surface area contributed by atoms with Crippen molar-refractivity contribution in [1.82, 2.24) is 10.2 Å². The van der Waals surface area contributed by atoms with Gasteiger partial charge in [-0.25, -0.2) is 0 Å². The van der Waals surface area contributed by atoms with Crippen LogP contribution in [0.3, 0.4) is 0 Å². The summed E-state index contributed by atoms with van der Waals surface area (Å²) in [6, 6.07) is 6.64. The molecule has 4 saturated carbocycles. The van der Waals surface area contributed by atoms with Crippen molar-refractivity contribution in [3.05, 3.63) is 34.4 Å². The van der Waals surface area contributed by atoms with E-state index in [0.29, 0.717) is 0 Å². The van der Waals surface area contributed by atoms with Crippen LogP contribution >= 0.6 is 0 Å². The number of non-ortho nitro benzene ring substituents is 1. The van der Waals surface area contributed by atoms with E-state index in [-0.39, 0.29) is 28.1 Å². The first-order chi connectivity index (χ1) is 14.4. The molecule has 1 amide bonds. The van der Waals surface area contributed by atoms with Gasteiger partial charge in [0.05, 0.1) is 11.0 Å². The van der Waals surface area contributed by atoms with Gasteiger partial charge in [0.1, 0.15) is 0 Å². The molecule has 0 unspecified atom stereocenters. The highest BCUT2D eigenvalue weighted by Crippen LogP contribution is 2.55. The number of nitro groups is 1. The zero-order valence-corrected chi connectivity index (χ0v) is 17.8. The lowest BCUT2D eigenvalue weighted by Gasteiger charge is -2.57. The Hall–Kier alpha value is -2.15. The molecule has 1 aliphatic heterocycles. The molecule has 7 heteroatoms. The fraction of sp³-hybridized carbons (Fsp3) is 0.696. The molecule has 0 radical (unpaired) electrons. The number of hydrogen-bond acceptors (Lipinski definition) is 5. The van der Waals surface area contributed by atoms with E-state index in [0.717, 1.165) is 49.6 Å². The number of rotatable bonds is 5. The first kappa shape index (κ1) is 19.8. The van der Waals surface area contributed by atoms with E-state index in [9.17, 15) is 14.9 Å². The molecule has 0 aromatic heterocycles. The Kier molecular flexibility index (Phi) is 4.96. The molecular weight excluding hydrogens is 380 g/mol. The van der Waals surface area contributed by atoms with Crippen LogP contribution in [0.4, 0.5) is 11.4 Å². The summed E-state index contributed by atoms with van der Waals surface area (Å²) >= 11 is 0. The van der Waals surface area contributed by atoms with E-state index in [1.54, 1.807) is 12.1 Å². The number of benzene rings is 1. The summed E-state index contributed by atoms with van der Waals surface area (Å²) in [5.41, 5.74) is 1.19. The van der Waals surface area contributed by atoms with E-state index >= 15 is 0 Å². The first-order valence-corrected chi connectivity index (χ1v) is 11.5. The summed E-state index contributed by atoms with van der Waals surface area (Å²) in [6.07, 6.45) is 7.71. The highest BCUT2D eigenvalue weighted by atomic mass is 16.6. The maximum atomic E-state index is 13.1. The van der Waals surface area contributed by atoms with Crippen molar-refractivity contribution in [1.29, 1.82) is 0 Å². The lowest BCUT2D eigenvalue weighted by molar-refractivity contribution is -0.384. The topological polar surface area (TPSA) is 78.7 Å². The molecule has 5 fully saturated rings. The van der Waals surface area contributed by atoms with Crippen molar-refractivity contribution in [3.8, 4) is 0 Å². The summed E-state index contributed by atoms with van der Waals surface area (Å²) in [7, 11) is 0. The lowest BCUT2D eigenvalue weighted by atomic mass is 9.53. The van der Waals surface area contributed by atoms with E-state index < -0.39 is 0 Å². The number of anilines is 1. The maximum absolute atomic E-state index is 13.1. The Morgan fingerprint density at radius 1 is 1.03 bits per heavy atom. The second kappa shape index (κ2) is 7.52. The molecule has 0 spiro atoms. The number of carbonyl (C=O) groups is 1. The monoisotopic (exact) mass is 412 g/mol. The summed E-state index contributed by atoms with van der Waals surface area (Å²) in [5.74, 6) is 2.69. The largest absolute Gasteiger partial charge is 0.369 e. The second-order valence-electron chi connectivity index (χ2n) is 10.2. The van der Waals surface area contributed by atoms with Crippen molar-refractivity contribution >= 4 is 17.3 Å². The van der Waals surface area contributed by atoms with Crippen LogP contribution in [0.5, 0.6) is 0 Å². The van der Waals surface area contributed by atoms with Gasteiger partial charge in [-0.05, 0) is 75.3 Å². The van der Waals surface area contributed by atoms with Crippen molar-refractivity contribution in [3.63, 3.8) is 0 Å². The van der Waals surface area contributed by atoms with Crippen molar-refractivity contribution in [2.75, 3.05) is 31.1 Å². The van der Waals surface area contributed by atoms with Gasteiger partial charge in [-0.1, -0.05) is 0 Å². The SMILES string of the molecule is C[C@H](C(=O)NC12CC3CC(CC(C3)C1)C2)N1CCN(c2ccc([N+](=O)[O-])cc2)CC1. The Labute approximate surface area is 177 Å². The summed E-state index contributed by atoms with van der Waals surface area (Å²) in [4.78, 5) is 28.1. The Morgan fingerprint density at radius 2 is 1.57 bits per heavy atom. The normalized spacial score (nSPS) is 34.0. The summed E-state index contributed by atoms with van der Waals surface area (Å²) in [6.45, 7) is 5.34. The summed E-state index contributed by atoms with van der Waals surface area (Å²) in [5, 5.41) is 14.4. The molecule has 1 saturated heterocycles. The number of nitrogens with zero attached hydrogens (tertiary/aromatic N) is 3. The Morgan fingerprint density at radius 3 is 2.07 bits per heavy atom. The number of nitrogens with one attached hydrogen (secondary N) is 1. The van der Waals surface area contributed by atoms with Crippen LogP contribution < -0.4 is 10.2 Å². The first-order valence-electron chi connectivity index (χ1n) is 11.5. The third-order valence-electron chi connectivity index (χ3n) is 8.09. The van der Waals surface area contributed by atoms with Gasteiger partial charge in [0.25, 0.3) is 5.69 Å². The molecule has 1 N–H and O–H groups in total. The minimum Gasteiger partial charge on any atom is -0.369 e. The van der Waals surface area contributed by atoms with Gasteiger partial charge < -0.3 is 10.2 Å². The zero-order chi connectivity index (χ0) is 20.9. The zero-order valence-electron chi connectivity index (χ0n) is 17.8. The highest BCUT2D eigenvalue weighted by molar-refractivity contribution is 5.82. The van der Waals surface area contributed by atoms with E-state index in [2.05, 4.69) is 15.1 Å². The van der Waals surface area contributed by atoms with Gasteiger partial charge in [0.15, 0.2) is 0 Å². The van der Waals surface area contributed by atoms with Crippen LogP contribution in [0.25, 0.3) is 0 Å². The minimum atomic E-state index is -0.369. The molecule has 1 heterocycles. The average molecular weight is 413 g/mol. The molecule has 162 valence electrons. The maximum Gasteiger partial charge on any atom is 0.269 e. The molecule has 1 atom stereocenters. The van der Waals surface area contributed by atoms with Crippen LogP contribution in [-0.2, 0) is 4.79 Å². The molecule has 4 aliphatic carbocycles. The highest BCUT2D eigenvalue weighted by Gasteiger charge is 2.51. The van der Waals surface area contributed by atoms with Crippen LogP contribution in [0, 0.1) is 27.9 Å². The molecule has 7 nitrogen and oxygen atoms in total. The predicted molar refractivity (Wildman–Crippen MR) is 115 cm³/mol. The molecule has 5 aliphatic rings. The second-order valence-corrected chi connectivity index (χ2v) is 10.2. The smallest absolute Gasteiger partial charge is 0.269 e. The van der Waals surface area contributed by atoms with E-state index in [1.165, 1.54) is 38.5 Å². The Bertz CT molecular complexity index is 781. The van der Waals surface area contributed by atoms with Crippen molar-refractivity contribution < 1.29 is 9.72 Å². The number of piperazine rings is 1. The number of hydrogen-bond donors (Lipinski definition) is 1.